The van der Waals surface area contributed by atoms with Gasteiger partial charge in [-0.3, -0.25) is 9.59 Å². The number of halogens is 2. The summed E-state index contributed by atoms with van der Waals surface area (Å²) in [5, 5.41) is 5.56. The average molecular weight is 511 g/mol. The Morgan fingerprint density at radius 1 is 0.553 bits per heavy atom. The first-order valence-corrected chi connectivity index (χ1v) is 12.8. The van der Waals surface area contributed by atoms with Crippen LogP contribution in [0.2, 0.25) is 0 Å². The molecule has 38 heavy (non-hydrogen) atoms. The van der Waals surface area contributed by atoms with Gasteiger partial charge in [-0.2, -0.15) is 0 Å². The highest BCUT2D eigenvalue weighted by atomic mass is 19.1. The molecule has 4 aromatic rings. The number of carbonyl (C=O) groups is 2. The molecule has 0 aliphatic heterocycles. The van der Waals surface area contributed by atoms with E-state index in [0.29, 0.717) is 11.4 Å². The van der Waals surface area contributed by atoms with Gasteiger partial charge in [0, 0.05) is 16.8 Å². The highest BCUT2D eigenvalue weighted by Crippen LogP contribution is 2.45. The molecule has 0 atom stereocenters. The summed E-state index contributed by atoms with van der Waals surface area (Å²) in [5.74, 6) is -2.10. The normalized spacial score (nSPS) is 14.5. The second-order valence-electron chi connectivity index (χ2n) is 9.67. The molecule has 0 heterocycles. The van der Waals surface area contributed by atoms with Gasteiger partial charge < -0.3 is 10.6 Å². The standard InChI is InChI=1S/C32H28F2N2O2/c33-28-10-4-2-8-26(28)30(37)35-24-16-12-22(13-17-24)32(20-6-1-7-21-32)23-14-18-25(19-15-23)36-31(38)27-9-3-5-11-29(27)34/h2-5,8-19H,1,6-7,20-21H2,(H,35,37)(H,36,38). The summed E-state index contributed by atoms with van der Waals surface area (Å²) in [7, 11) is 0. The number of nitrogens with one attached hydrogen (secondary N) is 2. The van der Waals surface area contributed by atoms with Gasteiger partial charge >= 0.3 is 0 Å². The van der Waals surface area contributed by atoms with Crippen LogP contribution in [0.15, 0.2) is 97.1 Å². The molecule has 1 aliphatic carbocycles. The Morgan fingerprint density at radius 3 is 1.34 bits per heavy atom. The van der Waals surface area contributed by atoms with Crippen LogP contribution in [-0.2, 0) is 5.41 Å². The first-order valence-electron chi connectivity index (χ1n) is 12.8. The van der Waals surface area contributed by atoms with E-state index in [1.54, 1.807) is 24.3 Å². The lowest BCUT2D eigenvalue weighted by Gasteiger charge is -2.39. The number of amides is 2. The minimum absolute atomic E-state index is 0.00232. The molecule has 1 saturated carbocycles. The SMILES string of the molecule is O=C(Nc1ccc(C2(c3ccc(NC(=O)c4ccccc4F)cc3)CCCCC2)cc1)c1ccccc1F. The van der Waals surface area contributed by atoms with E-state index in [1.165, 1.54) is 30.7 Å². The fourth-order valence-corrected chi connectivity index (χ4v) is 5.33. The van der Waals surface area contributed by atoms with Crippen LogP contribution < -0.4 is 10.6 Å². The maximum Gasteiger partial charge on any atom is 0.258 e. The van der Waals surface area contributed by atoms with Gasteiger partial charge in [0.05, 0.1) is 11.1 Å². The number of carbonyl (C=O) groups excluding carboxylic acids is 2. The molecule has 0 saturated heterocycles. The van der Waals surface area contributed by atoms with E-state index in [-0.39, 0.29) is 16.5 Å². The summed E-state index contributed by atoms with van der Waals surface area (Å²) in [5.41, 5.74) is 3.29. The molecular formula is C32H28F2N2O2. The van der Waals surface area contributed by atoms with Gasteiger partial charge in [0.2, 0.25) is 0 Å². The Bertz CT molecular complexity index is 1340. The van der Waals surface area contributed by atoms with E-state index in [9.17, 15) is 18.4 Å². The minimum Gasteiger partial charge on any atom is -0.322 e. The van der Waals surface area contributed by atoms with Crippen LogP contribution in [0.1, 0.15) is 63.9 Å². The Kier molecular flexibility index (Phi) is 7.31. The van der Waals surface area contributed by atoms with Gasteiger partial charge in [-0.25, -0.2) is 8.78 Å². The first-order chi connectivity index (χ1) is 18.5. The summed E-state index contributed by atoms with van der Waals surface area (Å²) in [6.07, 6.45) is 5.33. The summed E-state index contributed by atoms with van der Waals surface area (Å²) in [4.78, 5) is 25.0. The van der Waals surface area contributed by atoms with Crippen molar-refractivity contribution in [1.82, 2.24) is 0 Å². The Balaban J connectivity index is 1.35. The molecule has 4 aromatic carbocycles. The molecule has 0 radical (unpaired) electrons. The topological polar surface area (TPSA) is 58.2 Å². The van der Waals surface area contributed by atoms with Gasteiger partial charge in [0.1, 0.15) is 11.6 Å². The van der Waals surface area contributed by atoms with Crippen molar-refractivity contribution in [3.05, 3.63) is 131 Å². The van der Waals surface area contributed by atoms with Crippen molar-refractivity contribution >= 4 is 23.2 Å². The van der Waals surface area contributed by atoms with Crippen molar-refractivity contribution in [1.29, 1.82) is 0 Å². The van der Waals surface area contributed by atoms with Crippen LogP contribution in [-0.4, -0.2) is 11.8 Å². The highest BCUT2D eigenvalue weighted by Gasteiger charge is 2.35. The monoisotopic (exact) mass is 510 g/mol. The molecule has 0 spiro atoms. The van der Waals surface area contributed by atoms with Crippen molar-refractivity contribution in [3.63, 3.8) is 0 Å². The second kappa shape index (κ2) is 11.0. The molecule has 1 aliphatic rings. The van der Waals surface area contributed by atoms with E-state index in [0.717, 1.165) is 36.8 Å². The molecule has 1 fully saturated rings. The van der Waals surface area contributed by atoms with Gasteiger partial charge in [0.15, 0.2) is 0 Å². The van der Waals surface area contributed by atoms with E-state index >= 15 is 0 Å². The molecule has 0 bridgehead atoms. The Labute approximate surface area is 220 Å². The molecule has 2 amide bonds. The van der Waals surface area contributed by atoms with E-state index < -0.39 is 23.4 Å². The molecule has 6 heteroatoms. The lowest BCUT2D eigenvalue weighted by molar-refractivity contribution is 0.101. The second-order valence-corrected chi connectivity index (χ2v) is 9.67. The summed E-state index contributed by atoms with van der Waals surface area (Å²) < 4.78 is 28.0. The zero-order valence-electron chi connectivity index (χ0n) is 20.8. The van der Waals surface area contributed by atoms with Gasteiger partial charge in [-0.1, -0.05) is 67.8 Å². The molecule has 2 N–H and O–H groups in total. The lowest BCUT2D eigenvalue weighted by atomic mass is 9.65. The van der Waals surface area contributed by atoms with Crippen LogP contribution in [0.25, 0.3) is 0 Å². The van der Waals surface area contributed by atoms with Crippen molar-refractivity contribution in [2.24, 2.45) is 0 Å². The third-order valence-electron chi connectivity index (χ3n) is 7.33. The molecule has 192 valence electrons. The summed E-state index contributed by atoms with van der Waals surface area (Å²) in [6, 6.07) is 27.3. The van der Waals surface area contributed by atoms with Crippen LogP contribution in [0.4, 0.5) is 20.2 Å². The zero-order valence-corrected chi connectivity index (χ0v) is 20.8. The van der Waals surface area contributed by atoms with Crippen molar-refractivity contribution in [2.45, 2.75) is 37.5 Å². The quantitative estimate of drug-likeness (QED) is 0.279. The molecular weight excluding hydrogens is 482 g/mol. The van der Waals surface area contributed by atoms with Crippen molar-refractivity contribution in [3.8, 4) is 0 Å². The number of hydrogen-bond donors (Lipinski definition) is 2. The van der Waals surface area contributed by atoms with E-state index in [4.69, 9.17) is 0 Å². The number of rotatable bonds is 6. The van der Waals surface area contributed by atoms with Crippen LogP contribution >= 0.6 is 0 Å². The van der Waals surface area contributed by atoms with E-state index in [2.05, 4.69) is 10.6 Å². The minimum atomic E-state index is -0.559. The van der Waals surface area contributed by atoms with Crippen LogP contribution in [0, 0.1) is 11.6 Å². The Hall–Kier alpha value is -4.32. The summed E-state index contributed by atoms with van der Waals surface area (Å²) in [6.45, 7) is 0. The highest BCUT2D eigenvalue weighted by molar-refractivity contribution is 6.05. The molecule has 0 unspecified atom stereocenters. The predicted molar refractivity (Wildman–Crippen MR) is 145 cm³/mol. The van der Waals surface area contributed by atoms with Crippen molar-refractivity contribution in [2.75, 3.05) is 10.6 Å². The van der Waals surface area contributed by atoms with Gasteiger partial charge in [0.25, 0.3) is 11.8 Å². The predicted octanol–water partition coefficient (Wildman–Crippen LogP) is 7.72. The van der Waals surface area contributed by atoms with Gasteiger partial charge in [-0.05, 0) is 72.5 Å². The molecule has 0 aromatic heterocycles. The fraction of sp³-hybridized carbons (Fsp3) is 0.188. The third-order valence-corrected chi connectivity index (χ3v) is 7.33. The van der Waals surface area contributed by atoms with Gasteiger partial charge in [-0.15, -0.1) is 0 Å². The van der Waals surface area contributed by atoms with Crippen molar-refractivity contribution < 1.29 is 18.4 Å². The lowest BCUT2D eigenvalue weighted by Crippen LogP contribution is -2.30. The van der Waals surface area contributed by atoms with Crippen LogP contribution in [0.5, 0.6) is 0 Å². The summed E-state index contributed by atoms with van der Waals surface area (Å²) >= 11 is 0. The van der Waals surface area contributed by atoms with Crippen LogP contribution in [0.3, 0.4) is 0 Å². The first kappa shape index (κ1) is 25.3. The maximum absolute atomic E-state index is 14.0. The largest absolute Gasteiger partial charge is 0.322 e. The third kappa shape index (κ3) is 5.21. The number of hydrogen-bond acceptors (Lipinski definition) is 2. The molecule has 4 nitrogen and oxygen atoms in total. The molecule has 5 rings (SSSR count). The number of anilines is 2. The Morgan fingerprint density at radius 2 is 0.947 bits per heavy atom. The average Bonchev–Trinajstić information content (AvgIpc) is 2.94. The number of benzene rings is 4. The van der Waals surface area contributed by atoms with E-state index in [1.807, 2.05) is 48.5 Å². The fourth-order valence-electron chi connectivity index (χ4n) is 5.33. The zero-order chi connectivity index (χ0) is 26.5. The maximum atomic E-state index is 14.0. The smallest absolute Gasteiger partial charge is 0.258 e.